The normalized spacial score (nSPS) is 26.2. The fraction of sp³-hybridized carbons (Fsp3) is 0.889. The molecule has 0 amide bonds. The molecule has 1 aliphatic heterocycles. The summed E-state index contributed by atoms with van der Waals surface area (Å²) >= 11 is 0. The molecule has 0 fully saturated rings. The number of hydrogen-bond donors (Lipinski definition) is 0. The zero-order valence-corrected chi connectivity index (χ0v) is 8.09. The van der Waals surface area contributed by atoms with Gasteiger partial charge in [-0.1, -0.05) is 6.92 Å². The minimum atomic E-state index is 0.809. The highest BCUT2D eigenvalue weighted by Crippen LogP contribution is 2.06. The second-order valence-electron chi connectivity index (χ2n) is 3.57. The largest absolute Gasteiger partial charge is 0.268 e. The summed E-state index contributed by atoms with van der Waals surface area (Å²) in [4.78, 5) is 2.44. The zero-order valence-electron chi connectivity index (χ0n) is 8.09. The molecule has 0 aliphatic carbocycles. The highest BCUT2D eigenvalue weighted by molar-refractivity contribution is 5.74. The van der Waals surface area contributed by atoms with Crippen LogP contribution in [0.5, 0.6) is 0 Å². The van der Waals surface area contributed by atoms with Crippen molar-refractivity contribution in [3.05, 3.63) is 0 Å². The first-order chi connectivity index (χ1) is 5.15. The van der Waals surface area contributed by atoms with Gasteiger partial charge in [-0.3, -0.25) is 9.48 Å². The van der Waals surface area contributed by atoms with Crippen LogP contribution in [-0.4, -0.2) is 42.0 Å². The van der Waals surface area contributed by atoms with Gasteiger partial charge >= 0.3 is 0 Å². The molecule has 0 saturated heterocycles. The summed E-state index contributed by atoms with van der Waals surface area (Å²) in [5, 5.41) is 0. The van der Waals surface area contributed by atoms with E-state index in [1.165, 1.54) is 18.9 Å². The first kappa shape index (κ1) is 8.57. The molecule has 1 heterocycles. The van der Waals surface area contributed by atoms with E-state index in [2.05, 4.69) is 37.3 Å². The van der Waals surface area contributed by atoms with Crippen molar-refractivity contribution >= 4 is 5.84 Å². The van der Waals surface area contributed by atoms with Gasteiger partial charge in [0.2, 0.25) is 5.84 Å². The lowest BCUT2D eigenvalue weighted by Gasteiger charge is -2.26. The van der Waals surface area contributed by atoms with Gasteiger partial charge in [-0.15, -0.1) is 0 Å². The number of amidine groups is 1. The molecular formula is C9H19N2+. The zero-order chi connectivity index (χ0) is 8.43. The Morgan fingerprint density at radius 2 is 2.27 bits per heavy atom. The molecule has 1 unspecified atom stereocenters. The van der Waals surface area contributed by atoms with E-state index in [1.807, 2.05) is 0 Å². The number of rotatable bonds is 1. The fourth-order valence-electron chi connectivity index (χ4n) is 1.77. The standard InChI is InChI=1S/C9H19N2/c1-5-11-7-8(2)6-10(4)9(11)3/h8H,5-7H2,1-4H3/q+1. The van der Waals surface area contributed by atoms with Gasteiger partial charge in [-0.25, -0.2) is 0 Å². The third kappa shape index (κ3) is 1.73. The minimum absolute atomic E-state index is 0.809. The Labute approximate surface area is 69.5 Å². The van der Waals surface area contributed by atoms with Gasteiger partial charge in [-0.2, -0.15) is 0 Å². The molecule has 1 aliphatic rings. The molecule has 0 spiro atoms. The van der Waals surface area contributed by atoms with Crippen LogP contribution in [0.15, 0.2) is 0 Å². The molecule has 0 aromatic rings. The van der Waals surface area contributed by atoms with Crippen LogP contribution in [0, 0.1) is 5.92 Å². The van der Waals surface area contributed by atoms with Crippen LogP contribution in [0.1, 0.15) is 20.8 Å². The van der Waals surface area contributed by atoms with E-state index in [0.717, 1.165) is 12.5 Å². The average molecular weight is 155 g/mol. The smallest absolute Gasteiger partial charge is 0.243 e. The molecular weight excluding hydrogens is 136 g/mol. The van der Waals surface area contributed by atoms with Crippen LogP contribution >= 0.6 is 0 Å². The van der Waals surface area contributed by atoms with Crippen molar-refractivity contribution in [2.24, 2.45) is 5.92 Å². The van der Waals surface area contributed by atoms with Crippen LogP contribution < -0.4 is 0 Å². The van der Waals surface area contributed by atoms with Crippen LogP contribution in [-0.2, 0) is 0 Å². The summed E-state index contributed by atoms with van der Waals surface area (Å²) < 4.78 is 2.34. The van der Waals surface area contributed by atoms with E-state index in [-0.39, 0.29) is 0 Å². The lowest BCUT2D eigenvalue weighted by molar-refractivity contribution is -0.516. The summed E-state index contributed by atoms with van der Waals surface area (Å²) in [7, 11) is 2.17. The van der Waals surface area contributed by atoms with Gasteiger partial charge in [0, 0.05) is 12.8 Å². The molecule has 1 atom stereocenters. The van der Waals surface area contributed by atoms with E-state index < -0.39 is 0 Å². The Bertz CT molecular complexity index is 172. The summed E-state index contributed by atoms with van der Waals surface area (Å²) in [5.74, 6) is 2.23. The molecule has 11 heavy (non-hydrogen) atoms. The third-order valence-electron chi connectivity index (χ3n) is 2.51. The SMILES string of the molecule is CCN1CC(C)C[N+](C)=C1C. The maximum atomic E-state index is 2.44. The van der Waals surface area contributed by atoms with E-state index in [9.17, 15) is 0 Å². The van der Waals surface area contributed by atoms with Crippen LogP contribution in [0.4, 0.5) is 0 Å². The van der Waals surface area contributed by atoms with Gasteiger partial charge in [0.25, 0.3) is 0 Å². The first-order valence-electron chi connectivity index (χ1n) is 4.44. The van der Waals surface area contributed by atoms with E-state index >= 15 is 0 Å². The van der Waals surface area contributed by atoms with Gasteiger partial charge in [-0.05, 0) is 6.92 Å². The Morgan fingerprint density at radius 1 is 1.64 bits per heavy atom. The summed E-state index contributed by atoms with van der Waals surface area (Å²) in [6, 6.07) is 0. The van der Waals surface area contributed by atoms with E-state index in [1.54, 1.807) is 0 Å². The molecule has 0 aromatic heterocycles. The van der Waals surface area contributed by atoms with Gasteiger partial charge in [0.1, 0.15) is 0 Å². The first-order valence-corrected chi connectivity index (χ1v) is 4.44. The van der Waals surface area contributed by atoms with Crippen molar-refractivity contribution in [1.82, 2.24) is 4.90 Å². The Balaban J connectivity index is 2.74. The second-order valence-corrected chi connectivity index (χ2v) is 3.57. The highest BCUT2D eigenvalue weighted by atomic mass is 15.2. The van der Waals surface area contributed by atoms with Crippen molar-refractivity contribution in [2.45, 2.75) is 20.8 Å². The third-order valence-corrected chi connectivity index (χ3v) is 2.51. The van der Waals surface area contributed by atoms with Gasteiger partial charge in [0.15, 0.2) is 0 Å². The molecule has 0 N–H and O–H groups in total. The lowest BCUT2D eigenvalue weighted by atomic mass is 10.1. The predicted octanol–water partition coefficient (Wildman–Crippen LogP) is 1.02. The van der Waals surface area contributed by atoms with E-state index in [0.29, 0.717) is 0 Å². The van der Waals surface area contributed by atoms with Gasteiger partial charge in [0.05, 0.1) is 26.7 Å². The topological polar surface area (TPSA) is 6.25 Å². The quantitative estimate of drug-likeness (QED) is 0.512. The molecule has 0 saturated carbocycles. The Hall–Kier alpha value is -0.530. The second kappa shape index (κ2) is 3.24. The van der Waals surface area contributed by atoms with Crippen molar-refractivity contribution in [3.63, 3.8) is 0 Å². The number of hydrogen-bond acceptors (Lipinski definition) is 1. The monoisotopic (exact) mass is 155 g/mol. The Morgan fingerprint density at radius 3 is 2.82 bits per heavy atom. The Kier molecular flexibility index (Phi) is 2.53. The maximum Gasteiger partial charge on any atom is 0.243 e. The van der Waals surface area contributed by atoms with Crippen LogP contribution in [0.3, 0.4) is 0 Å². The molecule has 0 aromatic carbocycles. The summed E-state index contributed by atoms with van der Waals surface area (Å²) in [6.07, 6.45) is 0. The van der Waals surface area contributed by atoms with Gasteiger partial charge < -0.3 is 0 Å². The summed E-state index contributed by atoms with van der Waals surface area (Å²) in [5.41, 5.74) is 0. The minimum Gasteiger partial charge on any atom is -0.268 e. The maximum absolute atomic E-state index is 2.44. The molecule has 0 bridgehead atoms. The van der Waals surface area contributed by atoms with Crippen molar-refractivity contribution in [1.29, 1.82) is 0 Å². The summed E-state index contributed by atoms with van der Waals surface area (Å²) in [6.45, 7) is 10.3. The van der Waals surface area contributed by atoms with E-state index in [4.69, 9.17) is 0 Å². The van der Waals surface area contributed by atoms with Crippen molar-refractivity contribution in [2.75, 3.05) is 26.7 Å². The molecule has 0 radical (unpaired) electrons. The fourth-order valence-corrected chi connectivity index (χ4v) is 1.77. The molecule has 64 valence electrons. The van der Waals surface area contributed by atoms with Crippen molar-refractivity contribution in [3.8, 4) is 0 Å². The number of nitrogens with zero attached hydrogens (tertiary/aromatic N) is 2. The lowest BCUT2D eigenvalue weighted by Crippen LogP contribution is -2.45. The van der Waals surface area contributed by atoms with Crippen LogP contribution in [0.25, 0.3) is 0 Å². The molecule has 1 rings (SSSR count). The van der Waals surface area contributed by atoms with Crippen molar-refractivity contribution < 1.29 is 4.58 Å². The predicted molar refractivity (Wildman–Crippen MR) is 48.1 cm³/mol. The molecule has 2 heteroatoms. The highest BCUT2D eigenvalue weighted by Gasteiger charge is 2.24. The van der Waals surface area contributed by atoms with Crippen LogP contribution in [0.2, 0.25) is 0 Å². The molecule has 2 nitrogen and oxygen atoms in total. The average Bonchev–Trinajstić information content (AvgIpc) is 1.96.